The summed E-state index contributed by atoms with van der Waals surface area (Å²) in [6, 6.07) is 0. The lowest BCUT2D eigenvalue weighted by atomic mass is 9.88. The molecule has 0 aromatic heterocycles. The molecule has 0 radical (unpaired) electrons. The van der Waals surface area contributed by atoms with Crippen LogP contribution in [0.3, 0.4) is 0 Å². The van der Waals surface area contributed by atoms with Crippen molar-refractivity contribution < 1.29 is 5.11 Å². The average molecular weight is 126 g/mol. The molecule has 1 heteroatoms. The van der Waals surface area contributed by atoms with Gasteiger partial charge in [-0.3, -0.25) is 0 Å². The van der Waals surface area contributed by atoms with Crippen LogP contribution in [0.25, 0.3) is 0 Å². The molecule has 1 aliphatic rings. The molecule has 2 atom stereocenters. The quantitative estimate of drug-likeness (QED) is 0.490. The van der Waals surface area contributed by atoms with E-state index in [2.05, 4.69) is 13.0 Å². The van der Waals surface area contributed by atoms with Crippen molar-refractivity contribution >= 4 is 0 Å². The molecule has 1 aliphatic carbocycles. The van der Waals surface area contributed by atoms with Gasteiger partial charge in [-0.15, -0.1) is 0 Å². The molecular weight excluding hydrogens is 112 g/mol. The minimum absolute atomic E-state index is 0.521. The van der Waals surface area contributed by atoms with E-state index in [9.17, 15) is 5.11 Å². The number of allylic oxidation sites excluding steroid dienone is 1. The van der Waals surface area contributed by atoms with Gasteiger partial charge in [0.1, 0.15) is 0 Å². The van der Waals surface area contributed by atoms with Gasteiger partial charge in [0.05, 0.1) is 5.60 Å². The minimum Gasteiger partial charge on any atom is -0.386 e. The molecule has 0 bridgehead atoms. The Morgan fingerprint density at radius 1 is 1.67 bits per heavy atom. The maximum atomic E-state index is 9.41. The lowest BCUT2D eigenvalue weighted by Crippen LogP contribution is -2.24. The van der Waals surface area contributed by atoms with Gasteiger partial charge < -0.3 is 5.11 Å². The monoisotopic (exact) mass is 126 g/mol. The van der Waals surface area contributed by atoms with Crippen LogP contribution < -0.4 is 0 Å². The van der Waals surface area contributed by atoms with Crippen LogP contribution in [0.1, 0.15) is 26.7 Å². The highest BCUT2D eigenvalue weighted by Crippen LogP contribution is 2.24. The molecule has 9 heavy (non-hydrogen) atoms. The summed E-state index contributed by atoms with van der Waals surface area (Å²) < 4.78 is 0. The molecule has 0 unspecified atom stereocenters. The maximum absolute atomic E-state index is 9.41. The van der Waals surface area contributed by atoms with E-state index < -0.39 is 5.60 Å². The van der Waals surface area contributed by atoms with Crippen LogP contribution in [0.15, 0.2) is 12.2 Å². The van der Waals surface area contributed by atoms with E-state index in [1.54, 1.807) is 0 Å². The normalized spacial score (nSPS) is 43.2. The van der Waals surface area contributed by atoms with Gasteiger partial charge in [0.25, 0.3) is 0 Å². The highest BCUT2D eigenvalue weighted by Gasteiger charge is 2.20. The Hall–Kier alpha value is -0.300. The van der Waals surface area contributed by atoms with Gasteiger partial charge in [-0.25, -0.2) is 0 Å². The first-order valence-electron chi connectivity index (χ1n) is 3.52. The fraction of sp³-hybridized carbons (Fsp3) is 0.750. The predicted octanol–water partition coefficient (Wildman–Crippen LogP) is 1.72. The van der Waals surface area contributed by atoms with Gasteiger partial charge in [0, 0.05) is 0 Å². The molecule has 0 saturated heterocycles. The Balaban J connectivity index is 2.58. The third-order valence-corrected chi connectivity index (χ3v) is 1.89. The molecule has 1 N–H and O–H groups in total. The molecular formula is C8H14O. The second-order valence-corrected chi connectivity index (χ2v) is 3.23. The first-order chi connectivity index (χ1) is 4.10. The summed E-state index contributed by atoms with van der Waals surface area (Å²) in [5.41, 5.74) is -0.521. The lowest BCUT2D eigenvalue weighted by molar-refractivity contribution is 0.0893. The van der Waals surface area contributed by atoms with Gasteiger partial charge in [0.2, 0.25) is 0 Å². The van der Waals surface area contributed by atoms with Crippen LogP contribution in [0.2, 0.25) is 0 Å². The zero-order valence-electron chi connectivity index (χ0n) is 6.09. The van der Waals surface area contributed by atoms with Crippen molar-refractivity contribution in [1.82, 2.24) is 0 Å². The fourth-order valence-electron chi connectivity index (χ4n) is 1.07. The highest BCUT2D eigenvalue weighted by atomic mass is 16.3. The summed E-state index contributed by atoms with van der Waals surface area (Å²) in [4.78, 5) is 0. The summed E-state index contributed by atoms with van der Waals surface area (Å²) >= 11 is 0. The summed E-state index contributed by atoms with van der Waals surface area (Å²) in [5.74, 6) is 0.658. The smallest absolute Gasteiger partial charge is 0.0800 e. The third kappa shape index (κ3) is 1.83. The van der Waals surface area contributed by atoms with E-state index in [0.717, 1.165) is 12.8 Å². The number of hydrogen-bond donors (Lipinski definition) is 1. The number of aliphatic hydroxyl groups is 1. The van der Waals surface area contributed by atoms with Crippen molar-refractivity contribution in [3.63, 3.8) is 0 Å². The lowest BCUT2D eigenvalue weighted by Gasteiger charge is -2.25. The van der Waals surface area contributed by atoms with E-state index in [4.69, 9.17) is 0 Å². The van der Waals surface area contributed by atoms with Gasteiger partial charge in [-0.05, 0) is 25.7 Å². The van der Waals surface area contributed by atoms with Gasteiger partial charge in [-0.2, -0.15) is 0 Å². The SMILES string of the molecule is C[C@@H]1C=C[C@](C)(O)CC1. The molecule has 0 spiro atoms. The Labute approximate surface area is 56.4 Å². The van der Waals surface area contributed by atoms with Crippen LogP contribution in [-0.2, 0) is 0 Å². The van der Waals surface area contributed by atoms with Crippen LogP contribution >= 0.6 is 0 Å². The van der Waals surface area contributed by atoms with Crippen molar-refractivity contribution in [1.29, 1.82) is 0 Å². The zero-order valence-corrected chi connectivity index (χ0v) is 6.09. The summed E-state index contributed by atoms with van der Waals surface area (Å²) in [5, 5.41) is 9.41. The largest absolute Gasteiger partial charge is 0.386 e. The molecule has 0 aromatic carbocycles. The third-order valence-electron chi connectivity index (χ3n) is 1.89. The maximum Gasteiger partial charge on any atom is 0.0800 e. The van der Waals surface area contributed by atoms with Crippen LogP contribution in [0.5, 0.6) is 0 Å². The molecule has 0 aliphatic heterocycles. The Morgan fingerprint density at radius 2 is 2.33 bits per heavy atom. The highest BCUT2D eigenvalue weighted by molar-refractivity contribution is 5.04. The molecule has 0 amide bonds. The standard InChI is InChI=1S/C8H14O/c1-7-3-5-8(2,9)6-4-7/h3,5,7,9H,4,6H2,1-2H3/t7-,8+/m1/s1. The molecule has 1 nitrogen and oxygen atoms in total. The van der Waals surface area contributed by atoms with E-state index in [0.29, 0.717) is 5.92 Å². The van der Waals surface area contributed by atoms with E-state index >= 15 is 0 Å². The van der Waals surface area contributed by atoms with Gasteiger partial charge in [-0.1, -0.05) is 19.1 Å². The predicted molar refractivity (Wildman–Crippen MR) is 38.2 cm³/mol. The van der Waals surface area contributed by atoms with Crippen LogP contribution in [-0.4, -0.2) is 10.7 Å². The Kier molecular flexibility index (Phi) is 1.62. The summed E-state index contributed by atoms with van der Waals surface area (Å²) in [6.45, 7) is 4.03. The molecule has 0 heterocycles. The summed E-state index contributed by atoms with van der Waals surface area (Å²) in [7, 11) is 0. The second-order valence-electron chi connectivity index (χ2n) is 3.23. The van der Waals surface area contributed by atoms with Crippen molar-refractivity contribution in [3.05, 3.63) is 12.2 Å². The van der Waals surface area contributed by atoms with Gasteiger partial charge >= 0.3 is 0 Å². The molecule has 0 aromatic rings. The summed E-state index contributed by atoms with van der Waals surface area (Å²) in [6.07, 6.45) is 6.01. The number of rotatable bonds is 0. The molecule has 52 valence electrons. The van der Waals surface area contributed by atoms with E-state index in [1.165, 1.54) is 0 Å². The fourth-order valence-corrected chi connectivity index (χ4v) is 1.07. The van der Waals surface area contributed by atoms with Crippen LogP contribution in [0, 0.1) is 5.92 Å². The molecule has 1 rings (SSSR count). The molecule has 0 fully saturated rings. The topological polar surface area (TPSA) is 20.2 Å². The zero-order chi connectivity index (χ0) is 6.91. The number of hydrogen-bond acceptors (Lipinski definition) is 1. The second kappa shape index (κ2) is 2.14. The Bertz CT molecular complexity index is 125. The first kappa shape index (κ1) is 6.81. The van der Waals surface area contributed by atoms with Crippen molar-refractivity contribution in [3.8, 4) is 0 Å². The van der Waals surface area contributed by atoms with E-state index in [-0.39, 0.29) is 0 Å². The van der Waals surface area contributed by atoms with Crippen molar-refractivity contribution in [2.45, 2.75) is 32.3 Å². The minimum atomic E-state index is -0.521. The Morgan fingerprint density at radius 3 is 2.67 bits per heavy atom. The van der Waals surface area contributed by atoms with E-state index in [1.807, 2.05) is 13.0 Å². The average Bonchev–Trinajstić information content (AvgIpc) is 1.78. The van der Waals surface area contributed by atoms with Crippen LogP contribution in [0.4, 0.5) is 0 Å². The molecule has 0 saturated carbocycles. The first-order valence-corrected chi connectivity index (χ1v) is 3.52. The van der Waals surface area contributed by atoms with Gasteiger partial charge in [0.15, 0.2) is 0 Å². The van der Waals surface area contributed by atoms with Crippen molar-refractivity contribution in [2.24, 2.45) is 5.92 Å². The van der Waals surface area contributed by atoms with Crippen molar-refractivity contribution in [2.75, 3.05) is 0 Å².